The standard InChI is InChI=1S/C25H31N4O6PS/c1-5-18(6-2)25(4,36(31,32)33)37(34,35)20-13-11-19(12-14-20)28-24(30)22-23(26)27-15-21(29-22)17-9-7-16(3)8-10-17/h7-15,18H,5-6H2,1-4H3,(H2,26,27)(H,28,30)(H2,31,32,33). The Kier molecular flexibility index (Phi) is 8.24. The van der Waals surface area contributed by atoms with Crippen LogP contribution in [0.25, 0.3) is 11.3 Å². The lowest BCUT2D eigenvalue weighted by atomic mass is 10.00. The topological polar surface area (TPSA) is 173 Å². The molecule has 1 amide bonds. The lowest BCUT2D eigenvalue weighted by Gasteiger charge is -2.36. The van der Waals surface area contributed by atoms with Crippen molar-refractivity contribution in [2.75, 3.05) is 11.1 Å². The van der Waals surface area contributed by atoms with Crippen LogP contribution in [0.1, 0.15) is 49.7 Å². The summed E-state index contributed by atoms with van der Waals surface area (Å²) in [6, 6.07) is 12.6. The van der Waals surface area contributed by atoms with E-state index in [-0.39, 0.29) is 34.9 Å². The van der Waals surface area contributed by atoms with Crippen molar-refractivity contribution < 1.29 is 27.6 Å². The fourth-order valence-corrected chi connectivity index (χ4v) is 8.39. The molecule has 1 unspecified atom stereocenters. The minimum Gasteiger partial charge on any atom is -0.382 e. The number of nitrogens with zero attached hydrogens (tertiary/aromatic N) is 2. The fraction of sp³-hybridized carbons (Fsp3) is 0.320. The molecule has 5 N–H and O–H groups in total. The molecule has 1 atom stereocenters. The van der Waals surface area contributed by atoms with Gasteiger partial charge in [0.2, 0.25) is 0 Å². The molecule has 0 fully saturated rings. The zero-order valence-corrected chi connectivity index (χ0v) is 22.8. The van der Waals surface area contributed by atoms with Gasteiger partial charge in [-0.2, -0.15) is 0 Å². The number of amides is 1. The summed E-state index contributed by atoms with van der Waals surface area (Å²) < 4.78 is 37.0. The third kappa shape index (κ3) is 5.45. The zero-order valence-electron chi connectivity index (χ0n) is 21.0. The van der Waals surface area contributed by atoms with Crippen molar-refractivity contribution in [2.45, 2.75) is 49.9 Å². The molecule has 198 valence electrons. The van der Waals surface area contributed by atoms with Crippen molar-refractivity contribution in [2.24, 2.45) is 5.92 Å². The summed E-state index contributed by atoms with van der Waals surface area (Å²) in [5.74, 6) is -1.48. The Morgan fingerprint density at radius 2 is 1.65 bits per heavy atom. The van der Waals surface area contributed by atoms with Gasteiger partial charge in [0.1, 0.15) is 0 Å². The van der Waals surface area contributed by atoms with Gasteiger partial charge >= 0.3 is 7.60 Å². The van der Waals surface area contributed by atoms with Gasteiger partial charge in [-0.15, -0.1) is 0 Å². The van der Waals surface area contributed by atoms with Gasteiger partial charge in [0.25, 0.3) is 5.91 Å². The van der Waals surface area contributed by atoms with Gasteiger partial charge in [0.15, 0.2) is 25.8 Å². The van der Waals surface area contributed by atoms with E-state index in [1.807, 2.05) is 31.2 Å². The number of nitrogens with two attached hydrogens (primary N) is 1. The van der Waals surface area contributed by atoms with E-state index in [0.29, 0.717) is 5.69 Å². The number of nitrogen functional groups attached to an aromatic ring is 1. The van der Waals surface area contributed by atoms with E-state index in [1.54, 1.807) is 13.8 Å². The summed E-state index contributed by atoms with van der Waals surface area (Å²) in [5.41, 5.74) is 8.31. The van der Waals surface area contributed by atoms with Gasteiger partial charge in [-0.25, -0.2) is 18.4 Å². The van der Waals surface area contributed by atoms with Gasteiger partial charge in [-0.1, -0.05) is 56.5 Å². The van der Waals surface area contributed by atoms with Crippen LogP contribution in [0.15, 0.2) is 59.6 Å². The summed E-state index contributed by atoms with van der Waals surface area (Å²) in [7, 11) is -9.51. The van der Waals surface area contributed by atoms with Gasteiger partial charge < -0.3 is 20.8 Å². The molecule has 12 heteroatoms. The zero-order chi connectivity index (χ0) is 27.6. The molecule has 0 radical (unpaired) electrons. The third-order valence-corrected chi connectivity index (χ3v) is 11.9. The Morgan fingerprint density at radius 3 is 2.16 bits per heavy atom. The van der Waals surface area contributed by atoms with E-state index >= 15 is 0 Å². The van der Waals surface area contributed by atoms with Gasteiger partial charge in [-0.05, 0) is 44.0 Å². The van der Waals surface area contributed by atoms with Crippen LogP contribution in [0.3, 0.4) is 0 Å². The highest BCUT2D eigenvalue weighted by molar-refractivity contribution is 7.99. The maximum atomic E-state index is 13.4. The first-order valence-corrected chi connectivity index (χ1v) is 14.8. The molecule has 1 aromatic heterocycles. The Labute approximate surface area is 216 Å². The van der Waals surface area contributed by atoms with Crippen LogP contribution in [-0.2, 0) is 14.4 Å². The van der Waals surface area contributed by atoms with Gasteiger partial charge in [0, 0.05) is 11.3 Å². The monoisotopic (exact) mass is 546 g/mol. The van der Waals surface area contributed by atoms with Crippen LogP contribution < -0.4 is 11.1 Å². The number of carbonyl (C=O) groups is 1. The third-order valence-electron chi connectivity index (χ3n) is 6.65. The molecule has 0 aliphatic heterocycles. The fourth-order valence-electron chi connectivity index (χ4n) is 4.24. The molecule has 1 heterocycles. The van der Waals surface area contributed by atoms with Crippen LogP contribution in [-0.4, -0.2) is 38.6 Å². The summed E-state index contributed by atoms with van der Waals surface area (Å²) >= 11 is 0. The van der Waals surface area contributed by atoms with E-state index in [0.717, 1.165) is 18.1 Å². The SMILES string of the molecule is CCC(CC)C(C)(P(=O)(O)O)S(=O)(=O)c1ccc(NC(=O)c2nc(-c3ccc(C)cc3)cnc2N)cc1. The lowest BCUT2D eigenvalue weighted by Crippen LogP contribution is -2.42. The van der Waals surface area contributed by atoms with E-state index in [2.05, 4.69) is 15.3 Å². The minimum atomic E-state index is -5.06. The highest BCUT2D eigenvalue weighted by Crippen LogP contribution is 2.60. The molecule has 0 saturated carbocycles. The second-order valence-electron chi connectivity index (χ2n) is 8.95. The second kappa shape index (κ2) is 10.7. The van der Waals surface area contributed by atoms with Crippen LogP contribution in [0.5, 0.6) is 0 Å². The Bertz CT molecular complexity index is 1440. The normalized spacial score (nSPS) is 13.8. The summed E-state index contributed by atoms with van der Waals surface area (Å²) in [6.07, 6.45) is 2.01. The first kappa shape index (κ1) is 28.5. The average molecular weight is 547 g/mol. The maximum Gasteiger partial charge on any atom is 0.347 e. The van der Waals surface area contributed by atoms with Crippen molar-refractivity contribution in [3.63, 3.8) is 0 Å². The van der Waals surface area contributed by atoms with Crippen LogP contribution in [0, 0.1) is 12.8 Å². The molecule has 37 heavy (non-hydrogen) atoms. The number of anilines is 2. The highest BCUT2D eigenvalue weighted by Gasteiger charge is 2.58. The molecule has 0 spiro atoms. The smallest absolute Gasteiger partial charge is 0.347 e. The Hall–Kier alpha value is -3.11. The summed E-state index contributed by atoms with van der Waals surface area (Å²) in [6.45, 7) is 6.43. The Balaban J connectivity index is 1.90. The predicted octanol–water partition coefficient (Wildman–Crippen LogP) is 4.39. The number of nitrogens with one attached hydrogen (secondary N) is 1. The highest BCUT2D eigenvalue weighted by atomic mass is 32.2. The second-order valence-corrected chi connectivity index (χ2v) is 13.6. The first-order valence-electron chi connectivity index (χ1n) is 11.7. The summed E-state index contributed by atoms with van der Waals surface area (Å²) in [5, 5.41) is 2.61. The van der Waals surface area contributed by atoms with Crippen LogP contribution in [0.4, 0.5) is 11.5 Å². The number of aromatic nitrogens is 2. The van der Waals surface area contributed by atoms with Gasteiger partial charge in [-0.3, -0.25) is 9.36 Å². The van der Waals surface area contributed by atoms with Crippen molar-refractivity contribution in [1.29, 1.82) is 0 Å². The molecule has 10 nitrogen and oxygen atoms in total. The predicted molar refractivity (Wildman–Crippen MR) is 143 cm³/mol. The number of carbonyl (C=O) groups excluding carboxylic acids is 1. The number of hydrogen-bond donors (Lipinski definition) is 4. The molecular formula is C25H31N4O6PS. The number of rotatable bonds is 9. The lowest BCUT2D eigenvalue weighted by molar-refractivity contribution is 0.102. The van der Waals surface area contributed by atoms with Crippen molar-refractivity contribution in [3.05, 3.63) is 66.0 Å². The molecular weight excluding hydrogens is 515 g/mol. The first-order chi connectivity index (χ1) is 17.3. The quantitative estimate of drug-likeness (QED) is 0.284. The molecule has 0 saturated heterocycles. The number of sulfone groups is 1. The average Bonchev–Trinajstić information content (AvgIpc) is 2.85. The number of hydrogen-bond acceptors (Lipinski definition) is 7. The van der Waals surface area contributed by atoms with Crippen LogP contribution in [0.2, 0.25) is 0 Å². The van der Waals surface area contributed by atoms with E-state index in [4.69, 9.17) is 5.73 Å². The largest absolute Gasteiger partial charge is 0.382 e. The molecule has 0 aliphatic carbocycles. The molecule has 0 bridgehead atoms. The van der Waals surface area contributed by atoms with Crippen LogP contribution >= 0.6 is 7.60 Å². The summed E-state index contributed by atoms with van der Waals surface area (Å²) in [4.78, 5) is 41.2. The number of aryl methyl sites for hydroxylation is 1. The van der Waals surface area contributed by atoms with Gasteiger partial charge in [0.05, 0.1) is 16.8 Å². The molecule has 3 aromatic rings. The van der Waals surface area contributed by atoms with Crippen molar-refractivity contribution in [3.8, 4) is 11.3 Å². The number of benzene rings is 2. The van der Waals surface area contributed by atoms with Crippen molar-refractivity contribution >= 4 is 34.8 Å². The molecule has 0 aliphatic rings. The minimum absolute atomic E-state index is 0.0739. The van der Waals surface area contributed by atoms with E-state index < -0.39 is 33.7 Å². The maximum absolute atomic E-state index is 13.4. The Morgan fingerprint density at radius 1 is 1.08 bits per heavy atom. The van der Waals surface area contributed by atoms with Crippen molar-refractivity contribution in [1.82, 2.24) is 9.97 Å². The molecule has 3 rings (SSSR count). The van der Waals surface area contributed by atoms with E-state index in [9.17, 15) is 27.6 Å². The van der Waals surface area contributed by atoms with E-state index in [1.165, 1.54) is 30.5 Å². The molecule has 2 aromatic carbocycles.